The van der Waals surface area contributed by atoms with Crippen LogP contribution in [0.3, 0.4) is 0 Å². The van der Waals surface area contributed by atoms with Gasteiger partial charge in [0.25, 0.3) is 5.56 Å². The average molecular weight is 424 g/mol. The lowest BCUT2D eigenvalue weighted by atomic mass is 10.2. The molecule has 0 bridgehead atoms. The lowest BCUT2D eigenvalue weighted by Crippen LogP contribution is -2.23. The summed E-state index contributed by atoms with van der Waals surface area (Å²) < 4.78 is 6.85. The van der Waals surface area contributed by atoms with E-state index >= 15 is 0 Å². The molecule has 4 rings (SSSR count). The Bertz CT molecular complexity index is 1340. The number of ether oxygens (including phenoxy) is 1. The first-order valence-corrected chi connectivity index (χ1v) is 9.81. The lowest BCUT2D eigenvalue weighted by Gasteiger charge is -2.01. The second-order valence-electron chi connectivity index (χ2n) is 6.13. The van der Waals surface area contributed by atoms with Gasteiger partial charge < -0.3 is 4.74 Å². The molecule has 8 heteroatoms. The molecule has 0 unspecified atom stereocenters. The zero-order valence-corrected chi connectivity index (χ0v) is 16.8. The molecule has 0 saturated carbocycles. The van der Waals surface area contributed by atoms with Crippen molar-refractivity contribution in [1.82, 2.24) is 14.6 Å². The van der Waals surface area contributed by atoms with Gasteiger partial charge in [-0.2, -0.15) is 9.50 Å². The van der Waals surface area contributed by atoms with Crippen LogP contribution < -0.4 is 14.8 Å². The summed E-state index contributed by atoms with van der Waals surface area (Å²) in [4.78, 5) is 28.6. The molecule has 0 aliphatic rings. The highest BCUT2D eigenvalue weighted by Crippen LogP contribution is 2.15. The van der Waals surface area contributed by atoms with Crippen LogP contribution in [0.4, 0.5) is 0 Å². The maximum Gasteiger partial charge on any atom is 0.308 e. The number of carbonyl (C=O) groups is 1. The maximum absolute atomic E-state index is 12.6. The Labute approximate surface area is 174 Å². The van der Waals surface area contributed by atoms with E-state index in [0.29, 0.717) is 26.1 Å². The van der Waals surface area contributed by atoms with Gasteiger partial charge in [-0.3, -0.25) is 9.59 Å². The number of hydrogen-bond donors (Lipinski definition) is 0. The molecule has 0 atom stereocenters. The molecule has 2 heterocycles. The van der Waals surface area contributed by atoms with Crippen molar-refractivity contribution in [2.75, 3.05) is 0 Å². The molecule has 0 N–H and O–H groups in total. The molecule has 29 heavy (non-hydrogen) atoms. The van der Waals surface area contributed by atoms with Crippen LogP contribution in [0, 0.1) is 0 Å². The molecule has 6 nitrogen and oxygen atoms in total. The van der Waals surface area contributed by atoms with Crippen molar-refractivity contribution in [3.8, 4) is 5.75 Å². The van der Waals surface area contributed by atoms with Crippen LogP contribution in [-0.2, 0) is 4.79 Å². The van der Waals surface area contributed by atoms with Gasteiger partial charge in [0.2, 0.25) is 4.96 Å². The molecule has 0 aliphatic heterocycles. The first kappa shape index (κ1) is 19.0. The Morgan fingerprint density at radius 2 is 1.93 bits per heavy atom. The van der Waals surface area contributed by atoms with E-state index in [0.717, 1.165) is 11.1 Å². The highest BCUT2D eigenvalue weighted by molar-refractivity contribution is 7.15. The summed E-state index contributed by atoms with van der Waals surface area (Å²) in [5, 5.41) is 4.93. The fraction of sp³-hybridized carbons (Fsp3) is 0.0476. The minimum Gasteiger partial charge on any atom is -0.427 e. The van der Waals surface area contributed by atoms with E-state index in [9.17, 15) is 9.59 Å². The highest BCUT2D eigenvalue weighted by Gasteiger charge is 2.09. The number of nitrogens with zero attached hydrogens (tertiary/aromatic N) is 3. The minimum atomic E-state index is -0.398. The van der Waals surface area contributed by atoms with E-state index in [1.807, 2.05) is 24.3 Å². The van der Waals surface area contributed by atoms with Gasteiger partial charge in [-0.05, 0) is 47.5 Å². The summed E-state index contributed by atoms with van der Waals surface area (Å²) in [6.45, 7) is 1.34. The molecule has 0 radical (unpaired) electrons. The van der Waals surface area contributed by atoms with Crippen molar-refractivity contribution in [1.29, 1.82) is 0 Å². The van der Waals surface area contributed by atoms with Gasteiger partial charge in [-0.15, -0.1) is 5.10 Å². The largest absolute Gasteiger partial charge is 0.427 e. The summed E-state index contributed by atoms with van der Waals surface area (Å²) >= 11 is 7.12. The Morgan fingerprint density at radius 3 is 2.66 bits per heavy atom. The average Bonchev–Trinajstić information content (AvgIpc) is 3.20. The number of esters is 1. The zero-order chi connectivity index (χ0) is 20.4. The number of hydrogen-bond acceptors (Lipinski definition) is 6. The van der Waals surface area contributed by atoms with Crippen LogP contribution in [0.15, 0.2) is 53.3 Å². The van der Waals surface area contributed by atoms with E-state index < -0.39 is 5.97 Å². The van der Waals surface area contributed by atoms with Crippen molar-refractivity contribution >= 4 is 52.1 Å². The van der Waals surface area contributed by atoms with Crippen LogP contribution in [0.25, 0.3) is 23.2 Å². The molecule has 4 aromatic rings. The molecule has 0 amide bonds. The third-order valence-corrected chi connectivity index (χ3v) is 5.12. The number of aromatic nitrogens is 3. The quantitative estimate of drug-likeness (QED) is 0.371. The standard InChI is InChI=1S/C21H14ClN3O3S/c1-13(26)28-17-4-2-3-15(11-17)12-18-20(27)25-21(29-18)23-19(24-25)10-7-14-5-8-16(22)9-6-14/h2-12H,1H3/b10-7+,18-12+. The van der Waals surface area contributed by atoms with Gasteiger partial charge in [-0.25, -0.2) is 0 Å². The smallest absolute Gasteiger partial charge is 0.308 e. The van der Waals surface area contributed by atoms with Crippen molar-refractivity contribution in [2.45, 2.75) is 6.92 Å². The van der Waals surface area contributed by atoms with Crippen molar-refractivity contribution in [3.63, 3.8) is 0 Å². The SMILES string of the molecule is CC(=O)Oc1cccc(/C=c2/sc3nc(/C=C/c4ccc(Cl)cc4)nn3c2=O)c1. The normalized spacial score (nSPS) is 12.1. The van der Waals surface area contributed by atoms with E-state index in [1.54, 1.807) is 42.5 Å². The molecule has 0 saturated heterocycles. The fourth-order valence-electron chi connectivity index (χ4n) is 2.65. The van der Waals surface area contributed by atoms with E-state index in [4.69, 9.17) is 16.3 Å². The third-order valence-electron chi connectivity index (χ3n) is 3.91. The van der Waals surface area contributed by atoms with Crippen LogP contribution in [-0.4, -0.2) is 20.6 Å². The predicted octanol–water partition coefficient (Wildman–Crippen LogP) is 3.45. The van der Waals surface area contributed by atoms with Crippen LogP contribution in [0.5, 0.6) is 5.75 Å². The van der Waals surface area contributed by atoms with Crippen molar-refractivity contribution in [3.05, 3.63) is 85.4 Å². The fourth-order valence-corrected chi connectivity index (χ4v) is 3.69. The molecule has 2 aromatic carbocycles. The number of fused-ring (bicyclic) bond motifs is 1. The zero-order valence-electron chi connectivity index (χ0n) is 15.2. The van der Waals surface area contributed by atoms with Crippen molar-refractivity contribution < 1.29 is 9.53 Å². The van der Waals surface area contributed by atoms with Gasteiger partial charge >= 0.3 is 5.97 Å². The summed E-state index contributed by atoms with van der Waals surface area (Å²) in [6, 6.07) is 14.3. The molecular weight excluding hydrogens is 410 g/mol. The van der Waals surface area contributed by atoms with Crippen LogP contribution >= 0.6 is 22.9 Å². The van der Waals surface area contributed by atoms with Crippen molar-refractivity contribution in [2.24, 2.45) is 0 Å². The molecule has 0 spiro atoms. The lowest BCUT2D eigenvalue weighted by molar-refractivity contribution is -0.131. The van der Waals surface area contributed by atoms with Gasteiger partial charge in [0.1, 0.15) is 5.75 Å². The number of benzene rings is 2. The monoisotopic (exact) mass is 423 g/mol. The van der Waals surface area contributed by atoms with Gasteiger partial charge in [0.05, 0.1) is 4.53 Å². The van der Waals surface area contributed by atoms with E-state index in [-0.39, 0.29) is 5.56 Å². The third kappa shape index (κ3) is 4.42. The second-order valence-corrected chi connectivity index (χ2v) is 7.58. The number of carbonyl (C=O) groups excluding carboxylic acids is 1. The van der Waals surface area contributed by atoms with Crippen LogP contribution in [0.2, 0.25) is 5.02 Å². The number of thiazole rings is 1. The Hall–Kier alpha value is -3.29. The summed E-state index contributed by atoms with van der Waals surface area (Å²) in [6.07, 6.45) is 5.32. The van der Waals surface area contributed by atoms with Crippen LogP contribution in [0.1, 0.15) is 23.9 Å². The van der Waals surface area contributed by atoms with Gasteiger partial charge in [0.15, 0.2) is 5.82 Å². The molecular formula is C21H14ClN3O3S. The van der Waals surface area contributed by atoms with Gasteiger partial charge in [0, 0.05) is 11.9 Å². The maximum atomic E-state index is 12.6. The molecule has 0 fully saturated rings. The molecule has 144 valence electrons. The first-order valence-electron chi connectivity index (χ1n) is 8.61. The summed E-state index contributed by atoms with van der Waals surface area (Å²) in [5.74, 6) is 0.476. The molecule has 0 aliphatic carbocycles. The Balaban J connectivity index is 1.63. The van der Waals surface area contributed by atoms with E-state index in [1.165, 1.54) is 22.8 Å². The highest BCUT2D eigenvalue weighted by atomic mass is 35.5. The molecule has 2 aromatic heterocycles. The minimum absolute atomic E-state index is 0.249. The summed E-state index contributed by atoms with van der Waals surface area (Å²) in [5.41, 5.74) is 1.45. The first-order chi connectivity index (χ1) is 14.0. The number of halogens is 1. The Morgan fingerprint density at radius 1 is 1.14 bits per heavy atom. The second kappa shape index (κ2) is 7.98. The number of rotatable bonds is 4. The van der Waals surface area contributed by atoms with E-state index in [2.05, 4.69) is 10.1 Å². The summed E-state index contributed by atoms with van der Waals surface area (Å²) in [7, 11) is 0. The predicted molar refractivity (Wildman–Crippen MR) is 114 cm³/mol. The Kier molecular flexibility index (Phi) is 5.24. The van der Waals surface area contributed by atoms with Gasteiger partial charge in [-0.1, -0.05) is 53.3 Å². The topological polar surface area (TPSA) is 73.6 Å².